The van der Waals surface area contributed by atoms with Gasteiger partial charge in [-0.05, 0) is 112 Å². The molecule has 6 heteroatoms. The molecule has 0 bridgehead atoms. The van der Waals surface area contributed by atoms with E-state index in [0.29, 0.717) is 42.4 Å². The molecule has 7 atom stereocenters. The van der Waals surface area contributed by atoms with Gasteiger partial charge < -0.3 is 14.5 Å². The third-order valence-corrected chi connectivity index (χ3v) is 17.6. The zero-order valence-electron chi connectivity index (χ0n) is 41.9. The molecule has 62 heavy (non-hydrogen) atoms. The zero-order valence-corrected chi connectivity index (χ0v) is 41.9. The number of allylic oxidation sites excluding steroid dienone is 1. The minimum Gasteiger partial charge on any atom is -0.462 e. The molecule has 0 spiro atoms. The monoisotopic (exact) mass is 866 g/mol. The molecular formula is C56H101N2O4+. The van der Waals surface area contributed by atoms with Gasteiger partial charge in [0.1, 0.15) is 6.10 Å². The van der Waals surface area contributed by atoms with Gasteiger partial charge in [0.2, 0.25) is 5.91 Å². The number of nitrogens with zero attached hydrogens (tertiary/aromatic N) is 1. The van der Waals surface area contributed by atoms with Gasteiger partial charge in [-0.15, -0.1) is 0 Å². The first-order valence-corrected chi connectivity index (χ1v) is 27.5. The van der Waals surface area contributed by atoms with E-state index in [4.69, 9.17) is 4.74 Å². The Morgan fingerprint density at radius 1 is 0.661 bits per heavy atom. The van der Waals surface area contributed by atoms with Gasteiger partial charge in [-0.1, -0.05) is 162 Å². The van der Waals surface area contributed by atoms with Crippen molar-refractivity contribution in [3.63, 3.8) is 0 Å². The maximum absolute atomic E-state index is 13.2. The van der Waals surface area contributed by atoms with Crippen LogP contribution in [0.25, 0.3) is 0 Å². The highest BCUT2D eigenvalue weighted by Gasteiger charge is 2.60. The summed E-state index contributed by atoms with van der Waals surface area (Å²) in [6.45, 7) is 15.7. The standard InChI is InChI=1S/C56H100N2O4/c1-7-9-11-13-15-17-19-21-23-25-27-29-42-58(6,43-30-28-26-24-22-20-18-16-14-12-10-8-2)44-41-57-53(60)35-36-54(61)62-46(3)50-33-34-51-49-32-31-47-45-48(59)37-39-55(47,4)52(49)38-40-56(50,51)5/h45-46,49-52H,7-44H2,1-6H3/p+1/t46?,49?,50-,51?,52?,55+,56-/m1/s1. The molecule has 4 rings (SSSR count). The van der Waals surface area contributed by atoms with Crippen LogP contribution < -0.4 is 5.32 Å². The molecule has 0 radical (unpaired) electrons. The highest BCUT2D eigenvalue weighted by Crippen LogP contribution is 2.67. The third-order valence-electron chi connectivity index (χ3n) is 17.6. The van der Waals surface area contributed by atoms with Crippen molar-refractivity contribution in [2.45, 2.75) is 259 Å². The molecule has 0 aliphatic heterocycles. The van der Waals surface area contributed by atoms with Crippen LogP contribution in [0.4, 0.5) is 0 Å². The second-order valence-electron chi connectivity index (χ2n) is 22.3. The topological polar surface area (TPSA) is 72.5 Å². The van der Waals surface area contributed by atoms with Crippen LogP contribution in [0.2, 0.25) is 0 Å². The molecule has 3 saturated carbocycles. The van der Waals surface area contributed by atoms with Crippen LogP contribution in [0.15, 0.2) is 11.6 Å². The van der Waals surface area contributed by atoms with Crippen molar-refractivity contribution in [1.29, 1.82) is 0 Å². The Labute approximate surface area is 383 Å². The quantitative estimate of drug-likeness (QED) is 0.0397. The number of hydrogen-bond donors (Lipinski definition) is 1. The molecule has 1 N–H and O–H groups in total. The van der Waals surface area contributed by atoms with Crippen molar-refractivity contribution in [3.05, 3.63) is 11.6 Å². The lowest BCUT2D eigenvalue weighted by atomic mass is 9.46. The molecule has 0 aromatic carbocycles. The molecule has 1 amide bonds. The number of ether oxygens (including phenoxy) is 1. The fourth-order valence-corrected chi connectivity index (χ4v) is 13.5. The molecule has 358 valence electrons. The summed E-state index contributed by atoms with van der Waals surface area (Å²) in [5.41, 5.74) is 1.80. The van der Waals surface area contributed by atoms with Crippen molar-refractivity contribution in [2.75, 3.05) is 33.2 Å². The van der Waals surface area contributed by atoms with Crippen LogP contribution in [0.3, 0.4) is 0 Å². The Bertz CT molecular complexity index is 1300. The van der Waals surface area contributed by atoms with Crippen molar-refractivity contribution in [2.24, 2.45) is 34.5 Å². The molecule has 0 heterocycles. The number of rotatable bonds is 34. The lowest BCUT2D eigenvalue weighted by molar-refractivity contribution is -0.908. The van der Waals surface area contributed by atoms with E-state index in [9.17, 15) is 14.4 Å². The molecule has 4 aliphatic rings. The number of nitrogens with one attached hydrogen (secondary N) is 1. The van der Waals surface area contributed by atoms with Crippen LogP contribution in [0.5, 0.6) is 0 Å². The van der Waals surface area contributed by atoms with Crippen LogP contribution in [-0.2, 0) is 19.1 Å². The number of esters is 1. The van der Waals surface area contributed by atoms with Crippen LogP contribution in [-0.4, -0.2) is 61.5 Å². The first-order chi connectivity index (χ1) is 30.0. The summed E-state index contributed by atoms with van der Waals surface area (Å²) >= 11 is 0. The molecule has 4 aliphatic carbocycles. The molecule has 0 saturated heterocycles. The second kappa shape index (κ2) is 28.4. The summed E-state index contributed by atoms with van der Waals surface area (Å²) in [6.07, 6.45) is 44.0. The van der Waals surface area contributed by atoms with E-state index in [-0.39, 0.29) is 41.7 Å². The van der Waals surface area contributed by atoms with E-state index in [1.54, 1.807) is 0 Å². The van der Waals surface area contributed by atoms with Crippen LogP contribution in [0.1, 0.15) is 253 Å². The number of unbranched alkanes of at least 4 members (excludes halogenated alkanes) is 22. The van der Waals surface area contributed by atoms with Gasteiger partial charge in [0.25, 0.3) is 0 Å². The predicted octanol–water partition coefficient (Wildman–Crippen LogP) is 14.8. The smallest absolute Gasteiger partial charge is 0.306 e. The Morgan fingerprint density at radius 3 is 1.71 bits per heavy atom. The Kier molecular flexibility index (Phi) is 24.2. The molecule has 6 nitrogen and oxygen atoms in total. The Hall–Kier alpha value is -1.69. The maximum atomic E-state index is 13.2. The summed E-state index contributed by atoms with van der Waals surface area (Å²) in [5, 5.41) is 3.20. The third kappa shape index (κ3) is 16.9. The fourth-order valence-electron chi connectivity index (χ4n) is 13.5. The van der Waals surface area contributed by atoms with E-state index >= 15 is 0 Å². The number of quaternary nitrogens is 1. The Balaban J connectivity index is 1.14. The predicted molar refractivity (Wildman–Crippen MR) is 261 cm³/mol. The summed E-state index contributed by atoms with van der Waals surface area (Å²) < 4.78 is 7.20. The van der Waals surface area contributed by atoms with Crippen molar-refractivity contribution in [3.8, 4) is 0 Å². The number of hydrogen-bond acceptors (Lipinski definition) is 4. The van der Waals surface area contributed by atoms with Gasteiger partial charge in [0.15, 0.2) is 5.78 Å². The minimum atomic E-state index is -0.222. The second-order valence-corrected chi connectivity index (χ2v) is 22.3. The molecule has 4 unspecified atom stereocenters. The van der Waals surface area contributed by atoms with E-state index in [1.165, 1.54) is 198 Å². The van der Waals surface area contributed by atoms with E-state index in [1.807, 2.05) is 6.08 Å². The lowest BCUT2D eigenvalue weighted by Crippen LogP contribution is -2.51. The average Bonchev–Trinajstić information content (AvgIpc) is 3.61. The van der Waals surface area contributed by atoms with Crippen LogP contribution >= 0.6 is 0 Å². The fraction of sp³-hybridized carbons (Fsp3) is 0.911. The first-order valence-electron chi connectivity index (χ1n) is 27.5. The van der Waals surface area contributed by atoms with Gasteiger partial charge >= 0.3 is 5.97 Å². The molecule has 3 fully saturated rings. The molecular weight excluding hydrogens is 765 g/mol. The van der Waals surface area contributed by atoms with Crippen molar-refractivity contribution >= 4 is 17.7 Å². The van der Waals surface area contributed by atoms with Gasteiger partial charge in [-0.25, -0.2) is 0 Å². The summed E-state index contributed by atoms with van der Waals surface area (Å²) in [6, 6.07) is 0. The number of fused-ring (bicyclic) bond motifs is 5. The summed E-state index contributed by atoms with van der Waals surface area (Å²) in [7, 11) is 2.42. The molecule has 0 aromatic rings. The highest BCUT2D eigenvalue weighted by molar-refractivity contribution is 5.91. The number of likely N-dealkylation sites (N-methyl/N-ethyl adjacent to an activating group) is 1. The molecule has 0 aromatic heterocycles. The number of ketones is 1. The summed E-state index contributed by atoms with van der Waals surface area (Å²) in [4.78, 5) is 38.6. The average molecular weight is 866 g/mol. The van der Waals surface area contributed by atoms with Gasteiger partial charge in [-0.2, -0.15) is 0 Å². The van der Waals surface area contributed by atoms with Crippen molar-refractivity contribution in [1.82, 2.24) is 5.32 Å². The normalized spacial score (nSPS) is 26.4. The number of carbonyl (C=O) groups excluding carboxylic acids is 3. The Morgan fingerprint density at radius 2 is 1.18 bits per heavy atom. The maximum Gasteiger partial charge on any atom is 0.306 e. The number of carbonyl (C=O) groups is 3. The van der Waals surface area contributed by atoms with Gasteiger partial charge in [0, 0.05) is 18.8 Å². The van der Waals surface area contributed by atoms with Gasteiger partial charge in [-0.3, -0.25) is 14.4 Å². The van der Waals surface area contributed by atoms with E-state index in [2.05, 4.69) is 47.0 Å². The van der Waals surface area contributed by atoms with Crippen molar-refractivity contribution < 1.29 is 23.6 Å². The van der Waals surface area contributed by atoms with E-state index < -0.39 is 0 Å². The lowest BCUT2D eigenvalue weighted by Gasteiger charge is -2.58. The van der Waals surface area contributed by atoms with Gasteiger partial charge in [0.05, 0.1) is 39.6 Å². The largest absolute Gasteiger partial charge is 0.462 e. The highest BCUT2D eigenvalue weighted by atomic mass is 16.5. The summed E-state index contributed by atoms with van der Waals surface area (Å²) in [5.74, 6) is 2.49. The SMILES string of the molecule is CCCCCCCCCCCCCC[N+](C)(CCCCCCCCCCCCCC)CCNC(=O)CCC(=O)OC(C)[C@H]1CCC2C3CCC4=CC(=O)CC[C@]4(C)C3CC[C@@]21C. The first kappa shape index (κ1) is 52.9. The zero-order chi connectivity index (χ0) is 44.7. The minimum absolute atomic E-state index is 0.0216. The van der Waals surface area contributed by atoms with E-state index in [0.717, 1.165) is 30.3 Å². The number of amides is 1. The van der Waals surface area contributed by atoms with Crippen LogP contribution in [0, 0.1) is 34.5 Å².